The molecule has 1 amide bonds. The lowest BCUT2D eigenvalue weighted by atomic mass is 9.89. The zero-order valence-electron chi connectivity index (χ0n) is 10.8. The Morgan fingerprint density at radius 2 is 2.11 bits per heavy atom. The van der Waals surface area contributed by atoms with Crippen LogP contribution in [-0.2, 0) is 4.79 Å². The van der Waals surface area contributed by atoms with E-state index in [1.54, 1.807) is 17.7 Å². The molecule has 2 aromatic rings. The van der Waals surface area contributed by atoms with Gasteiger partial charge in [-0.3, -0.25) is 14.2 Å². The number of aromatic nitrogens is 1. The van der Waals surface area contributed by atoms with E-state index in [1.807, 2.05) is 30.3 Å². The number of nitrogens with one attached hydrogen (secondary N) is 1. The standard InChI is InChI=1S/C15H16N2O2/c1-15(9-4-7-13(18)16-15)14(19)17-10-8-11-5-2-3-6-12(11)17/h2-3,5-6,8,10H,4,7,9H2,1H3,(H,16,18). The van der Waals surface area contributed by atoms with Crippen molar-refractivity contribution in [2.24, 2.45) is 0 Å². The van der Waals surface area contributed by atoms with E-state index in [-0.39, 0.29) is 11.8 Å². The molecule has 3 rings (SSSR count). The summed E-state index contributed by atoms with van der Waals surface area (Å²) in [6, 6.07) is 9.67. The Kier molecular flexibility index (Phi) is 2.66. The summed E-state index contributed by atoms with van der Waals surface area (Å²) in [5.41, 5.74) is 0.0884. The zero-order valence-corrected chi connectivity index (χ0v) is 10.8. The molecule has 1 unspecified atom stereocenters. The van der Waals surface area contributed by atoms with Crippen LogP contribution in [0.5, 0.6) is 0 Å². The average Bonchev–Trinajstić information content (AvgIpc) is 2.81. The van der Waals surface area contributed by atoms with Gasteiger partial charge in [-0.25, -0.2) is 0 Å². The summed E-state index contributed by atoms with van der Waals surface area (Å²) in [5, 5.41) is 3.87. The van der Waals surface area contributed by atoms with Gasteiger partial charge in [-0.15, -0.1) is 0 Å². The first kappa shape index (κ1) is 12.0. The van der Waals surface area contributed by atoms with Crippen LogP contribution in [0, 0.1) is 0 Å². The minimum absolute atomic E-state index is 0.0430. The van der Waals surface area contributed by atoms with E-state index in [1.165, 1.54) is 0 Å². The van der Waals surface area contributed by atoms with Gasteiger partial charge in [0, 0.05) is 18.0 Å². The van der Waals surface area contributed by atoms with Crippen molar-refractivity contribution in [3.8, 4) is 0 Å². The highest BCUT2D eigenvalue weighted by Crippen LogP contribution is 2.24. The lowest BCUT2D eigenvalue weighted by molar-refractivity contribution is -0.124. The summed E-state index contributed by atoms with van der Waals surface area (Å²) in [4.78, 5) is 24.2. The number of hydrogen-bond donors (Lipinski definition) is 1. The molecule has 2 heterocycles. The van der Waals surface area contributed by atoms with Crippen LogP contribution in [0.2, 0.25) is 0 Å². The molecule has 1 aromatic heterocycles. The van der Waals surface area contributed by atoms with E-state index in [0.717, 1.165) is 17.3 Å². The molecule has 0 saturated carbocycles. The molecule has 0 spiro atoms. The van der Waals surface area contributed by atoms with Gasteiger partial charge in [-0.2, -0.15) is 0 Å². The van der Waals surface area contributed by atoms with Gasteiger partial charge in [-0.05, 0) is 31.9 Å². The van der Waals surface area contributed by atoms with E-state index >= 15 is 0 Å². The molecule has 1 aliphatic heterocycles. The van der Waals surface area contributed by atoms with Gasteiger partial charge in [0.1, 0.15) is 5.54 Å². The maximum Gasteiger partial charge on any atom is 0.256 e. The van der Waals surface area contributed by atoms with E-state index in [9.17, 15) is 9.59 Å². The Morgan fingerprint density at radius 3 is 2.89 bits per heavy atom. The van der Waals surface area contributed by atoms with Gasteiger partial charge >= 0.3 is 0 Å². The Hall–Kier alpha value is -2.10. The van der Waals surface area contributed by atoms with Crippen LogP contribution in [0.15, 0.2) is 36.5 Å². The monoisotopic (exact) mass is 256 g/mol. The molecule has 1 saturated heterocycles. The van der Waals surface area contributed by atoms with Gasteiger partial charge in [0.25, 0.3) is 5.91 Å². The van der Waals surface area contributed by atoms with Gasteiger partial charge in [0.15, 0.2) is 0 Å². The molecule has 0 aliphatic carbocycles. The summed E-state index contributed by atoms with van der Waals surface area (Å²) >= 11 is 0. The SMILES string of the molecule is CC1(C(=O)n2ccc3ccccc32)CCCC(=O)N1. The van der Waals surface area contributed by atoms with Crippen molar-refractivity contribution in [1.82, 2.24) is 9.88 Å². The number of para-hydroxylation sites is 1. The first-order valence-corrected chi connectivity index (χ1v) is 6.52. The van der Waals surface area contributed by atoms with Gasteiger partial charge in [0.2, 0.25) is 5.91 Å². The van der Waals surface area contributed by atoms with Crippen LogP contribution in [0.4, 0.5) is 0 Å². The number of carbonyl (C=O) groups is 2. The first-order chi connectivity index (χ1) is 9.10. The lowest BCUT2D eigenvalue weighted by Gasteiger charge is -2.33. The summed E-state index contributed by atoms with van der Waals surface area (Å²) in [6.07, 6.45) is 3.73. The number of amides is 1. The number of fused-ring (bicyclic) bond motifs is 1. The van der Waals surface area contributed by atoms with Crippen LogP contribution in [0.3, 0.4) is 0 Å². The third-order valence-corrected chi connectivity index (χ3v) is 3.79. The molecular formula is C15H16N2O2. The fraction of sp³-hybridized carbons (Fsp3) is 0.333. The molecule has 1 atom stereocenters. The van der Waals surface area contributed by atoms with Crippen LogP contribution in [0.25, 0.3) is 10.9 Å². The largest absolute Gasteiger partial charge is 0.342 e. The Bertz CT molecular complexity index is 659. The maximum atomic E-state index is 12.7. The second-order valence-corrected chi connectivity index (χ2v) is 5.28. The van der Waals surface area contributed by atoms with Crippen LogP contribution in [-0.4, -0.2) is 21.9 Å². The summed E-state index contributed by atoms with van der Waals surface area (Å²) in [5.74, 6) is -0.111. The number of benzene rings is 1. The summed E-state index contributed by atoms with van der Waals surface area (Å²) < 4.78 is 1.64. The van der Waals surface area contributed by atoms with Crippen molar-refractivity contribution in [1.29, 1.82) is 0 Å². The number of rotatable bonds is 1. The van der Waals surface area contributed by atoms with Crippen molar-refractivity contribution >= 4 is 22.7 Å². The number of nitrogens with zero attached hydrogens (tertiary/aromatic N) is 1. The molecule has 4 heteroatoms. The average molecular weight is 256 g/mol. The smallest absolute Gasteiger partial charge is 0.256 e. The highest BCUT2D eigenvalue weighted by Gasteiger charge is 2.38. The van der Waals surface area contributed by atoms with Gasteiger partial charge in [-0.1, -0.05) is 18.2 Å². The van der Waals surface area contributed by atoms with Crippen LogP contribution in [0.1, 0.15) is 31.0 Å². The van der Waals surface area contributed by atoms with Crippen LogP contribution >= 0.6 is 0 Å². The van der Waals surface area contributed by atoms with Crippen molar-refractivity contribution in [3.05, 3.63) is 36.5 Å². The number of carbonyl (C=O) groups excluding carboxylic acids is 2. The Labute approximate surface area is 111 Å². The fourth-order valence-electron chi connectivity index (χ4n) is 2.72. The quantitative estimate of drug-likeness (QED) is 0.851. The van der Waals surface area contributed by atoms with E-state index in [2.05, 4.69) is 5.32 Å². The lowest BCUT2D eigenvalue weighted by Crippen LogP contribution is -2.56. The predicted octanol–water partition coefficient (Wildman–Crippen LogP) is 2.34. The van der Waals surface area contributed by atoms with Gasteiger partial charge in [0.05, 0.1) is 5.52 Å². The molecule has 0 radical (unpaired) electrons. The van der Waals surface area contributed by atoms with Crippen molar-refractivity contribution in [3.63, 3.8) is 0 Å². The van der Waals surface area contributed by atoms with Crippen molar-refractivity contribution in [2.75, 3.05) is 0 Å². The molecule has 1 N–H and O–H groups in total. The predicted molar refractivity (Wildman–Crippen MR) is 73.0 cm³/mol. The molecule has 1 aromatic carbocycles. The molecule has 1 aliphatic rings. The third kappa shape index (κ3) is 1.93. The number of hydrogen-bond acceptors (Lipinski definition) is 2. The zero-order chi connectivity index (χ0) is 13.5. The minimum Gasteiger partial charge on any atom is -0.342 e. The highest BCUT2D eigenvalue weighted by atomic mass is 16.2. The first-order valence-electron chi connectivity index (χ1n) is 6.52. The molecule has 0 bridgehead atoms. The fourth-order valence-corrected chi connectivity index (χ4v) is 2.72. The third-order valence-electron chi connectivity index (χ3n) is 3.79. The summed E-state index contributed by atoms with van der Waals surface area (Å²) in [7, 11) is 0. The molecule has 98 valence electrons. The van der Waals surface area contributed by atoms with Gasteiger partial charge < -0.3 is 5.32 Å². The topological polar surface area (TPSA) is 51.1 Å². The van der Waals surface area contributed by atoms with Crippen LogP contribution < -0.4 is 5.32 Å². The van der Waals surface area contributed by atoms with E-state index in [0.29, 0.717) is 12.8 Å². The molecule has 4 nitrogen and oxygen atoms in total. The van der Waals surface area contributed by atoms with Crippen molar-refractivity contribution in [2.45, 2.75) is 31.7 Å². The molecular weight excluding hydrogens is 240 g/mol. The second kappa shape index (κ2) is 4.23. The van der Waals surface area contributed by atoms with Crippen molar-refractivity contribution < 1.29 is 9.59 Å². The minimum atomic E-state index is -0.795. The Morgan fingerprint density at radius 1 is 1.32 bits per heavy atom. The summed E-state index contributed by atoms with van der Waals surface area (Å²) in [6.45, 7) is 1.81. The molecule has 19 heavy (non-hydrogen) atoms. The number of piperidine rings is 1. The molecule has 1 fully saturated rings. The Balaban J connectivity index is 2.01. The maximum absolute atomic E-state index is 12.7. The highest BCUT2D eigenvalue weighted by molar-refractivity contribution is 5.99. The van der Waals surface area contributed by atoms with E-state index < -0.39 is 5.54 Å². The normalized spacial score (nSPS) is 23.3. The van der Waals surface area contributed by atoms with E-state index in [4.69, 9.17) is 0 Å². The second-order valence-electron chi connectivity index (χ2n) is 5.28.